The zero-order chi connectivity index (χ0) is 19.6. The zero-order valence-corrected chi connectivity index (χ0v) is 16.3. The Labute approximate surface area is 165 Å². The number of aromatic nitrogens is 2. The van der Waals surface area contributed by atoms with Crippen LogP contribution in [0.2, 0.25) is 0 Å². The number of rotatable bonds is 3. The molecule has 2 aliphatic rings. The van der Waals surface area contributed by atoms with E-state index in [2.05, 4.69) is 9.97 Å². The molecule has 0 N–H and O–H groups in total. The Hall–Kier alpha value is -2.76. The van der Waals surface area contributed by atoms with Crippen molar-refractivity contribution in [1.29, 1.82) is 0 Å². The third-order valence-corrected chi connectivity index (χ3v) is 6.01. The number of hydrogen-bond donors (Lipinski definition) is 0. The van der Waals surface area contributed by atoms with E-state index in [1.54, 1.807) is 18.5 Å². The Kier molecular flexibility index (Phi) is 5.11. The van der Waals surface area contributed by atoms with Crippen molar-refractivity contribution in [3.8, 4) is 11.4 Å². The fraction of sp³-hybridized carbons (Fsp3) is 0.455. The van der Waals surface area contributed by atoms with E-state index in [0.717, 1.165) is 51.0 Å². The number of likely N-dealkylation sites (tertiary alicyclic amines) is 2. The van der Waals surface area contributed by atoms with Gasteiger partial charge in [-0.1, -0.05) is 12.1 Å². The quantitative estimate of drug-likeness (QED) is 0.823. The number of nitrogens with zero attached hydrogens (tertiary/aromatic N) is 4. The molecule has 0 saturated carbocycles. The van der Waals surface area contributed by atoms with E-state index in [0.29, 0.717) is 17.8 Å². The van der Waals surface area contributed by atoms with E-state index in [-0.39, 0.29) is 17.2 Å². The number of piperidine rings is 2. The van der Waals surface area contributed by atoms with Crippen LogP contribution in [0.3, 0.4) is 0 Å². The number of carbonyl (C=O) groups is 2. The van der Waals surface area contributed by atoms with Crippen LogP contribution in [-0.2, 0) is 4.79 Å². The molecule has 1 atom stereocenters. The van der Waals surface area contributed by atoms with E-state index < -0.39 is 0 Å². The molecule has 0 bridgehead atoms. The lowest BCUT2D eigenvalue weighted by Crippen LogP contribution is -2.55. The SMILES string of the molecule is CCN1C[C@]2(CCCN(C(=O)c3cccc(-c4ncccn4)c3)C2)CCC1=O. The smallest absolute Gasteiger partial charge is 0.253 e. The predicted octanol–water partition coefficient (Wildman–Crippen LogP) is 3.01. The van der Waals surface area contributed by atoms with Crippen molar-refractivity contribution in [3.63, 3.8) is 0 Å². The van der Waals surface area contributed by atoms with Crippen molar-refractivity contribution >= 4 is 11.8 Å². The molecule has 2 fully saturated rings. The van der Waals surface area contributed by atoms with Gasteiger partial charge in [0.15, 0.2) is 5.82 Å². The standard InChI is InChI=1S/C22H26N4O2/c1-2-25-15-22(10-8-19(25)27)9-4-13-26(16-22)21(28)18-7-3-6-17(14-18)20-23-11-5-12-24-20/h3,5-7,11-12,14H,2,4,8-10,13,15-16H2,1H3/t22-/m0/s1. The van der Waals surface area contributed by atoms with Gasteiger partial charge in [-0.25, -0.2) is 9.97 Å². The molecule has 1 spiro atoms. The Morgan fingerprint density at radius 3 is 2.75 bits per heavy atom. The van der Waals surface area contributed by atoms with Crippen LogP contribution in [0.15, 0.2) is 42.7 Å². The van der Waals surface area contributed by atoms with Crippen LogP contribution in [0.1, 0.15) is 43.0 Å². The largest absolute Gasteiger partial charge is 0.342 e. The van der Waals surface area contributed by atoms with Crippen molar-refractivity contribution in [2.24, 2.45) is 5.41 Å². The first-order valence-electron chi connectivity index (χ1n) is 10.0. The number of carbonyl (C=O) groups excluding carboxylic acids is 2. The van der Waals surface area contributed by atoms with Crippen molar-refractivity contribution < 1.29 is 9.59 Å². The highest BCUT2D eigenvalue weighted by Crippen LogP contribution is 2.39. The third kappa shape index (κ3) is 3.63. The number of amides is 2. The fourth-order valence-electron chi connectivity index (χ4n) is 4.53. The Morgan fingerprint density at radius 1 is 1.14 bits per heavy atom. The minimum absolute atomic E-state index is 0.0397. The molecule has 6 nitrogen and oxygen atoms in total. The summed E-state index contributed by atoms with van der Waals surface area (Å²) in [5.74, 6) is 0.917. The van der Waals surface area contributed by atoms with Gasteiger partial charge in [0.2, 0.25) is 5.91 Å². The molecule has 0 aliphatic carbocycles. The average Bonchev–Trinajstić information content (AvgIpc) is 2.76. The van der Waals surface area contributed by atoms with Gasteiger partial charge < -0.3 is 9.80 Å². The van der Waals surface area contributed by atoms with Crippen molar-refractivity contribution in [1.82, 2.24) is 19.8 Å². The molecule has 28 heavy (non-hydrogen) atoms. The summed E-state index contributed by atoms with van der Waals surface area (Å²) in [5.41, 5.74) is 1.55. The van der Waals surface area contributed by atoms with Gasteiger partial charge in [0.25, 0.3) is 5.91 Å². The second kappa shape index (κ2) is 7.70. The van der Waals surface area contributed by atoms with E-state index in [1.807, 2.05) is 41.0 Å². The van der Waals surface area contributed by atoms with Gasteiger partial charge in [0.05, 0.1) is 0 Å². The highest BCUT2D eigenvalue weighted by Gasteiger charge is 2.42. The predicted molar refractivity (Wildman–Crippen MR) is 107 cm³/mol. The molecular formula is C22H26N4O2. The highest BCUT2D eigenvalue weighted by molar-refractivity contribution is 5.95. The van der Waals surface area contributed by atoms with Gasteiger partial charge in [-0.2, -0.15) is 0 Å². The van der Waals surface area contributed by atoms with E-state index >= 15 is 0 Å². The zero-order valence-electron chi connectivity index (χ0n) is 16.3. The third-order valence-electron chi connectivity index (χ3n) is 6.01. The second-order valence-corrected chi connectivity index (χ2v) is 7.89. The molecule has 4 rings (SSSR count). The topological polar surface area (TPSA) is 66.4 Å². The minimum atomic E-state index is 0.0397. The summed E-state index contributed by atoms with van der Waals surface area (Å²) in [7, 11) is 0. The molecule has 2 amide bonds. The summed E-state index contributed by atoms with van der Waals surface area (Å²) in [6.07, 6.45) is 6.95. The second-order valence-electron chi connectivity index (χ2n) is 7.89. The molecular weight excluding hydrogens is 352 g/mol. The van der Waals surface area contributed by atoms with Gasteiger partial charge in [-0.15, -0.1) is 0 Å². The lowest BCUT2D eigenvalue weighted by Gasteiger charge is -2.48. The van der Waals surface area contributed by atoms with Gasteiger partial charge >= 0.3 is 0 Å². The van der Waals surface area contributed by atoms with Crippen LogP contribution in [0.4, 0.5) is 0 Å². The molecule has 2 aromatic rings. The van der Waals surface area contributed by atoms with Gasteiger partial charge in [0, 0.05) is 61.5 Å². The van der Waals surface area contributed by atoms with Crippen molar-refractivity contribution in [2.45, 2.75) is 32.6 Å². The lowest BCUT2D eigenvalue weighted by atomic mass is 9.73. The first-order valence-corrected chi connectivity index (χ1v) is 10.0. The molecule has 6 heteroatoms. The number of benzene rings is 1. The first-order chi connectivity index (χ1) is 13.6. The van der Waals surface area contributed by atoms with Gasteiger partial charge in [-0.3, -0.25) is 9.59 Å². The van der Waals surface area contributed by atoms with Crippen LogP contribution in [-0.4, -0.2) is 57.8 Å². The Morgan fingerprint density at radius 2 is 1.96 bits per heavy atom. The molecule has 0 radical (unpaired) electrons. The van der Waals surface area contributed by atoms with Gasteiger partial charge in [0.1, 0.15) is 0 Å². The van der Waals surface area contributed by atoms with Crippen LogP contribution < -0.4 is 0 Å². The summed E-state index contributed by atoms with van der Waals surface area (Å²) in [5, 5.41) is 0. The van der Waals surface area contributed by atoms with E-state index in [9.17, 15) is 9.59 Å². The van der Waals surface area contributed by atoms with Crippen LogP contribution >= 0.6 is 0 Å². The normalized spacial score (nSPS) is 22.5. The molecule has 1 aromatic carbocycles. The monoisotopic (exact) mass is 378 g/mol. The van der Waals surface area contributed by atoms with Crippen molar-refractivity contribution in [3.05, 3.63) is 48.3 Å². The number of hydrogen-bond acceptors (Lipinski definition) is 4. The van der Waals surface area contributed by atoms with Crippen molar-refractivity contribution in [2.75, 3.05) is 26.2 Å². The van der Waals surface area contributed by atoms with Gasteiger partial charge in [-0.05, 0) is 44.4 Å². The Balaban J connectivity index is 1.53. The van der Waals surface area contributed by atoms with Crippen LogP contribution in [0, 0.1) is 5.41 Å². The maximum Gasteiger partial charge on any atom is 0.253 e. The summed E-state index contributed by atoms with van der Waals surface area (Å²) >= 11 is 0. The first kappa shape index (κ1) is 18.6. The molecule has 3 heterocycles. The summed E-state index contributed by atoms with van der Waals surface area (Å²) < 4.78 is 0. The molecule has 146 valence electrons. The minimum Gasteiger partial charge on any atom is -0.342 e. The molecule has 2 saturated heterocycles. The molecule has 2 aliphatic heterocycles. The summed E-state index contributed by atoms with van der Waals surface area (Å²) in [6.45, 7) is 5.03. The van der Waals surface area contributed by atoms with E-state index in [1.165, 1.54) is 0 Å². The fourth-order valence-corrected chi connectivity index (χ4v) is 4.53. The summed E-state index contributed by atoms with van der Waals surface area (Å²) in [4.78, 5) is 37.8. The maximum absolute atomic E-state index is 13.2. The van der Waals surface area contributed by atoms with Crippen LogP contribution in [0.5, 0.6) is 0 Å². The maximum atomic E-state index is 13.2. The lowest BCUT2D eigenvalue weighted by molar-refractivity contribution is -0.138. The Bertz CT molecular complexity index is 870. The molecule has 0 unspecified atom stereocenters. The van der Waals surface area contributed by atoms with Crippen LogP contribution in [0.25, 0.3) is 11.4 Å². The van der Waals surface area contributed by atoms with E-state index in [4.69, 9.17) is 0 Å². The molecule has 1 aromatic heterocycles. The highest BCUT2D eigenvalue weighted by atomic mass is 16.2. The summed E-state index contributed by atoms with van der Waals surface area (Å²) in [6, 6.07) is 9.33. The average molecular weight is 378 g/mol.